The van der Waals surface area contributed by atoms with Gasteiger partial charge in [-0.3, -0.25) is 0 Å². The second-order valence-corrected chi connectivity index (χ2v) is 6.54. The molecule has 3 rings (SSSR count). The maximum Gasteiger partial charge on any atom is 0.165 e. The number of ether oxygens (including phenoxy) is 1. The van der Waals surface area contributed by atoms with Crippen LogP contribution in [0.4, 0.5) is 4.39 Å². The van der Waals surface area contributed by atoms with Crippen LogP contribution in [0.2, 0.25) is 0 Å². The van der Waals surface area contributed by atoms with Crippen LogP contribution in [-0.4, -0.2) is 30.1 Å². The van der Waals surface area contributed by atoms with Gasteiger partial charge in [0.05, 0.1) is 18.8 Å². The Morgan fingerprint density at radius 3 is 3.05 bits per heavy atom. The number of hydrogen-bond donors (Lipinski definition) is 1. The summed E-state index contributed by atoms with van der Waals surface area (Å²) in [5.74, 6) is 2.10. The van der Waals surface area contributed by atoms with E-state index in [1.807, 2.05) is 23.2 Å². The molecule has 0 aliphatic carbocycles. The van der Waals surface area contributed by atoms with Crippen molar-refractivity contribution in [2.24, 2.45) is 0 Å². The van der Waals surface area contributed by atoms with Crippen molar-refractivity contribution in [2.75, 3.05) is 25.2 Å². The Labute approximate surface area is 125 Å². The number of thioether (sulfide) groups is 1. The quantitative estimate of drug-likeness (QED) is 0.943. The van der Waals surface area contributed by atoms with E-state index in [-0.39, 0.29) is 11.6 Å². The highest BCUT2D eigenvalue weighted by Gasteiger charge is 2.19. The fourth-order valence-corrected chi connectivity index (χ4v) is 4.08. The Hall–Kier alpha value is -1.11. The van der Waals surface area contributed by atoms with Gasteiger partial charge in [-0.05, 0) is 18.2 Å². The van der Waals surface area contributed by atoms with Crippen LogP contribution in [0.25, 0.3) is 11.3 Å². The van der Waals surface area contributed by atoms with E-state index in [1.165, 1.54) is 13.2 Å². The molecule has 2 heterocycles. The highest BCUT2D eigenvalue weighted by Crippen LogP contribution is 2.30. The lowest BCUT2D eigenvalue weighted by molar-refractivity contribution is 0.386. The van der Waals surface area contributed by atoms with Gasteiger partial charge in [-0.15, -0.1) is 11.3 Å². The largest absolute Gasteiger partial charge is 0.494 e. The molecule has 6 heteroatoms. The Balaban J connectivity index is 1.84. The minimum absolute atomic E-state index is 0.259. The van der Waals surface area contributed by atoms with E-state index < -0.39 is 0 Å². The van der Waals surface area contributed by atoms with Crippen LogP contribution in [0.1, 0.15) is 11.0 Å². The van der Waals surface area contributed by atoms with Gasteiger partial charge in [-0.2, -0.15) is 11.8 Å². The lowest BCUT2D eigenvalue weighted by Crippen LogP contribution is -2.30. The number of rotatable bonds is 3. The summed E-state index contributed by atoms with van der Waals surface area (Å²) in [6, 6.07) is 5.26. The zero-order valence-electron chi connectivity index (χ0n) is 11.1. The van der Waals surface area contributed by atoms with Crippen molar-refractivity contribution >= 4 is 23.1 Å². The first kappa shape index (κ1) is 13.9. The summed E-state index contributed by atoms with van der Waals surface area (Å²) in [6.07, 6.45) is 0. The Kier molecular flexibility index (Phi) is 4.24. The van der Waals surface area contributed by atoms with Crippen LogP contribution in [0.15, 0.2) is 23.6 Å². The monoisotopic (exact) mass is 310 g/mol. The summed E-state index contributed by atoms with van der Waals surface area (Å²) in [5.41, 5.74) is 1.61. The van der Waals surface area contributed by atoms with E-state index in [1.54, 1.807) is 17.4 Å². The first-order valence-corrected chi connectivity index (χ1v) is 8.42. The minimum Gasteiger partial charge on any atom is -0.494 e. The third-order valence-electron chi connectivity index (χ3n) is 3.19. The molecule has 1 saturated heterocycles. The summed E-state index contributed by atoms with van der Waals surface area (Å²) in [4.78, 5) is 4.64. The molecule has 1 atom stereocenters. The van der Waals surface area contributed by atoms with Crippen LogP contribution >= 0.6 is 23.1 Å². The van der Waals surface area contributed by atoms with Gasteiger partial charge in [0.1, 0.15) is 5.01 Å². The summed E-state index contributed by atoms with van der Waals surface area (Å²) < 4.78 is 18.7. The zero-order valence-corrected chi connectivity index (χ0v) is 12.7. The van der Waals surface area contributed by atoms with E-state index >= 15 is 0 Å². The second kappa shape index (κ2) is 6.11. The molecule has 3 nitrogen and oxygen atoms in total. The topological polar surface area (TPSA) is 34.1 Å². The molecule has 20 heavy (non-hydrogen) atoms. The predicted molar refractivity (Wildman–Crippen MR) is 82.1 cm³/mol. The molecule has 1 fully saturated rings. The highest BCUT2D eigenvalue weighted by atomic mass is 32.2. The Bertz CT molecular complexity index is 597. The molecule has 0 amide bonds. The fourth-order valence-electron chi connectivity index (χ4n) is 2.13. The first-order valence-electron chi connectivity index (χ1n) is 6.38. The predicted octanol–water partition coefficient (Wildman–Crippen LogP) is 3.34. The molecule has 106 valence electrons. The van der Waals surface area contributed by atoms with Gasteiger partial charge >= 0.3 is 0 Å². The highest BCUT2D eigenvalue weighted by molar-refractivity contribution is 7.99. The molecule has 1 aromatic carbocycles. The Morgan fingerprint density at radius 1 is 1.45 bits per heavy atom. The number of nitrogens with one attached hydrogen (secondary N) is 1. The van der Waals surface area contributed by atoms with Gasteiger partial charge in [0.15, 0.2) is 11.6 Å². The van der Waals surface area contributed by atoms with Gasteiger partial charge in [0, 0.05) is 29.0 Å². The third-order valence-corrected chi connectivity index (χ3v) is 5.21. The normalized spacial score (nSPS) is 19.0. The maximum atomic E-state index is 13.7. The van der Waals surface area contributed by atoms with Crippen LogP contribution < -0.4 is 10.1 Å². The lowest BCUT2D eigenvalue weighted by Gasteiger charge is -2.20. The summed E-state index contributed by atoms with van der Waals surface area (Å²) >= 11 is 3.56. The minimum atomic E-state index is -0.356. The molecule has 1 unspecified atom stereocenters. The molecular weight excluding hydrogens is 295 g/mol. The lowest BCUT2D eigenvalue weighted by atomic mass is 10.1. The number of aromatic nitrogens is 1. The fraction of sp³-hybridized carbons (Fsp3) is 0.357. The molecule has 1 aromatic heterocycles. The van der Waals surface area contributed by atoms with Crippen LogP contribution in [-0.2, 0) is 0 Å². The van der Waals surface area contributed by atoms with Crippen molar-refractivity contribution in [2.45, 2.75) is 6.04 Å². The van der Waals surface area contributed by atoms with Crippen molar-refractivity contribution in [3.05, 3.63) is 34.4 Å². The van der Waals surface area contributed by atoms with E-state index in [4.69, 9.17) is 4.74 Å². The molecule has 0 saturated carbocycles. The van der Waals surface area contributed by atoms with Crippen LogP contribution in [0.5, 0.6) is 5.75 Å². The number of nitrogens with zero attached hydrogens (tertiary/aromatic N) is 1. The molecule has 2 aromatic rings. The number of halogens is 1. The Morgan fingerprint density at radius 2 is 2.35 bits per heavy atom. The van der Waals surface area contributed by atoms with Crippen molar-refractivity contribution in [3.63, 3.8) is 0 Å². The van der Waals surface area contributed by atoms with Crippen molar-refractivity contribution < 1.29 is 9.13 Å². The third kappa shape index (κ3) is 2.82. The van der Waals surface area contributed by atoms with Crippen molar-refractivity contribution in [3.8, 4) is 17.0 Å². The second-order valence-electron chi connectivity index (χ2n) is 4.50. The number of hydrogen-bond acceptors (Lipinski definition) is 5. The smallest absolute Gasteiger partial charge is 0.165 e. The summed E-state index contributed by atoms with van der Waals surface area (Å²) in [7, 11) is 1.46. The summed E-state index contributed by atoms with van der Waals surface area (Å²) in [6.45, 7) is 1.02. The van der Waals surface area contributed by atoms with Crippen LogP contribution in [0, 0.1) is 5.82 Å². The average molecular weight is 310 g/mol. The SMILES string of the molecule is COc1ccc(-c2csc(C3CSCCN3)n2)cc1F. The van der Waals surface area contributed by atoms with Gasteiger partial charge in [-0.25, -0.2) is 9.37 Å². The number of benzene rings is 1. The molecule has 1 aliphatic rings. The molecule has 1 aliphatic heterocycles. The molecule has 0 spiro atoms. The number of thiazole rings is 1. The zero-order chi connectivity index (χ0) is 13.9. The first-order chi connectivity index (χ1) is 9.78. The van der Waals surface area contributed by atoms with Crippen molar-refractivity contribution in [1.82, 2.24) is 10.3 Å². The van der Waals surface area contributed by atoms with E-state index in [2.05, 4.69) is 10.3 Å². The molecule has 1 N–H and O–H groups in total. The van der Waals surface area contributed by atoms with E-state index in [9.17, 15) is 4.39 Å². The molecular formula is C14H15FN2OS2. The van der Waals surface area contributed by atoms with Gasteiger partial charge < -0.3 is 10.1 Å². The molecule has 0 radical (unpaired) electrons. The number of methoxy groups -OCH3 is 1. The van der Waals surface area contributed by atoms with Gasteiger partial charge in [-0.1, -0.05) is 0 Å². The molecule has 0 bridgehead atoms. The van der Waals surface area contributed by atoms with E-state index in [0.29, 0.717) is 6.04 Å². The standard InChI is InChI=1S/C14H15FN2OS2/c1-18-13-3-2-9(6-10(13)15)11-8-20-14(17-11)12-7-19-5-4-16-12/h2-3,6,8,12,16H,4-5,7H2,1H3. The van der Waals surface area contributed by atoms with Gasteiger partial charge in [0.2, 0.25) is 0 Å². The van der Waals surface area contributed by atoms with Crippen molar-refractivity contribution in [1.29, 1.82) is 0 Å². The van der Waals surface area contributed by atoms with E-state index in [0.717, 1.165) is 34.3 Å². The summed E-state index contributed by atoms with van der Waals surface area (Å²) in [5, 5.41) is 6.52. The van der Waals surface area contributed by atoms with Crippen LogP contribution in [0.3, 0.4) is 0 Å². The van der Waals surface area contributed by atoms with Gasteiger partial charge in [0.25, 0.3) is 0 Å². The maximum absolute atomic E-state index is 13.7. The average Bonchev–Trinajstić information content (AvgIpc) is 2.98.